The van der Waals surface area contributed by atoms with Gasteiger partial charge < -0.3 is 15.0 Å². The summed E-state index contributed by atoms with van der Waals surface area (Å²) in [4.78, 5) is 11.1. The molecule has 0 amide bonds. The fraction of sp³-hybridized carbons (Fsp3) is 0.400. The Labute approximate surface area is 149 Å². The van der Waals surface area contributed by atoms with Crippen molar-refractivity contribution in [1.82, 2.24) is 15.2 Å². The molecule has 0 spiro atoms. The first-order valence-electron chi connectivity index (χ1n) is 8.82. The van der Waals surface area contributed by atoms with E-state index < -0.39 is 0 Å². The molecule has 1 aromatic carbocycles. The number of benzene rings is 1. The molecule has 1 N–H and O–H groups in total. The molecule has 5 heteroatoms. The lowest BCUT2D eigenvalue weighted by atomic mass is 10.1. The highest BCUT2D eigenvalue weighted by Gasteiger charge is 2.24. The molecule has 0 bridgehead atoms. The first kappa shape index (κ1) is 17.4. The third-order valence-electron chi connectivity index (χ3n) is 4.42. The largest absolute Gasteiger partial charge is 0.376 e. The zero-order valence-electron chi connectivity index (χ0n) is 14.8. The second-order valence-corrected chi connectivity index (χ2v) is 6.32. The molecular weight excluding hydrogens is 312 g/mol. The predicted molar refractivity (Wildman–Crippen MR) is 100 cm³/mol. The Morgan fingerprint density at radius 3 is 2.84 bits per heavy atom. The first-order chi connectivity index (χ1) is 12.3. The molecule has 1 aromatic heterocycles. The predicted octanol–water partition coefficient (Wildman–Crippen LogP) is 2.70. The quantitative estimate of drug-likeness (QED) is 0.650. The van der Waals surface area contributed by atoms with Gasteiger partial charge in [-0.1, -0.05) is 36.4 Å². The maximum atomic E-state index is 5.90. The van der Waals surface area contributed by atoms with Crippen molar-refractivity contribution in [3.05, 3.63) is 66.0 Å². The van der Waals surface area contributed by atoms with Crippen molar-refractivity contribution in [3.63, 3.8) is 0 Å². The summed E-state index contributed by atoms with van der Waals surface area (Å²) in [5.41, 5.74) is 2.25. The van der Waals surface area contributed by atoms with E-state index in [1.54, 1.807) is 0 Å². The van der Waals surface area contributed by atoms with Gasteiger partial charge in [-0.2, -0.15) is 0 Å². The number of pyridine rings is 1. The number of guanidine groups is 1. The molecule has 132 valence electrons. The molecule has 25 heavy (non-hydrogen) atoms. The molecule has 1 aliphatic heterocycles. The summed E-state index contributed by atoms with van der Waals surface area (Å²) in [5.74, 6) is 1.49. The average molecular weight is 338 g/mol. The summed E-state index contributed by atoms with van der Waals surface area (Å²) in [6.45, 7) is 4.17. The molecule has 0 radical (unpaired) electrons. The molecular formula is C20H26N4O. The number of rotatable bonds is 6. The molecule has 1 aliphatic rings. The van der Waals surface area contributed by atoms with Crippen LogP contribution in [-0.2, 0) is 17.9 Å². The number of nitrogens with zero attached hydrogens (tertiary/aromatic N) is 3. The fourth-order valence-electron chi connectivity index (χ4n) is 3.08. The minimum absolute atomic E-state index is 0.553. The van der Waals surface area contributed by atoms with Crippen molar-refractivity contribution in [2.24, 2.45) is 10.9 Å². The molecule has 1 unspecified atom stereocenters. The van der Waals surface area contributed by atoms with E-state index >= 15 is 0 Å². The van der Waals surface area contributed by atoms with Gasteiger partial charge in [0.05, 0.1) is 25.5 Å². The van der Waals surface area contributed by atoms with Crippen molar-refractivity contribution < 1.29 is 4.74 Å². The van der Waals surface area contributed by atoms with Crippen LogP contribution in [0.1, 0.15) is 17.7 Å². The highest BCUT2D eigenvalue weighted by atomic mass is 16.5. The van der Waals surface area contributed by atoms with E-state index in [0.29, 0.717) is 19.1 Å². The van der Waals surface area contributed by atoms with Crippen LogP contribution in [0.5, 0.6) is 0 Å². The topological polar surface area (TPSA) is 49.8 Å². The highest BCUT2D eigenvalue weighted by Crippen LogP contribution is 2.17. The molecule has 2 aromatic rings. The van der Waals surface area contributed by atoms with Crippen LogP contribution >= 0.6 is 0 Å². The Morgan fingerprint density at radius 2 is 2.08 bits per heavy atom. The van der Waals surface area contributed by atoms with Crippen LogP contribution in [0.3, 0.4) is 0 Å². The third-order valence-corrected chi connectivity index (χ3v) is 4.42. The summed E-state index contributed by atoms with van der Waals surface area (Å²) < 4.78 is 5.90. The molecule has 3 rings (SSSR count). The molecule has 1 fully saturated rings. The van der Waals surface area contributed by atoms with Gasteiger partial charge in [-0.25, -0.2) is 0 Å². The standard InChI is InChI=1S/C20H26N4O/c1-21-20(23-13-19-9-5-6-11-22-19)24-12-10-18(14-24)16-25-15-17-7-3-2-4-8-17/h2-9,11,18H,10,12-16H2,1H3,(H,21,23). The minimum Gasteiger partial charge on any atom is -0.376 e. The second-order valence-electron chi connectivity index (χ2n) is 6.32. The van der Waals surface area contributed by atoms with E-state index in [9.17, 15) is 0 Å². The van der Waals surface area contributed by atoms with Crippen LogP contribution in [0.25, 0.3) is 0 Å². The van der Waals surface area contributed by atoms with Gasteiger partial charge in [-0.3, -0.25) is 9.98 Å². The Bertz CT molecular complexity index is 660. The summed E-state index contributed by atoms with van der Waals surface area (Å²) >= 11 is 0. The summed E-state index contributed by atoms with van der Waals surface area (Å²) in [5, 5.41) is 3.40. The Morgan fingerprint density at radius 1 is 1.24 bits per heavy atom. The number of aliphatic imine (C=N–C) groups is 1. The molecule has 5 nitrogen and oxygen atoms in total. The van der Waals surface area contributed by atoms with E-state index in [2.05, 4.69) is 32.3 Å². The number of aromatic nitrogens is 1. The van der Waals surface area contributed by atoms with Crippen LogP contribution in [-0.4, -0.2) is 42.6 Å². The van der Waals surface area contributed by atoms with Crippen molar-refractivity contribution in [1.29, 1.82) is 0 Å². The molecule has 0 aliphatic carbocycles. The summed E-state index contributed by atoms with van der Waals surface area (Å²) in [6, 6.07) is 16.3. The van der Waals surface area contributed by atoms with E-state index in [4.69, 9.17) is 4.74 Å². The van der Waals surface area contributed by atoms with Gasteiger partial charge in [0.25, 0.3) is 0 Å². The Balaban J connectivity index is 1.41. The highest BCUT2D eigenvalue weighted by molar-refractivity contribution is 5.80. The fourth-order valence-corrected chi connectivity index (χ4v) is 3.08. The van der Waals surface area contributed by atoms with Crippen LogP contribution in [0.2, 0.25) is 0 Å². The lowest BCUT2D eigenvalue weighted by Gasteiger charge is -2.21. The van der Waals surface area contributed by atoms with Gasteiger partial charge in [-0.05, 0) is 24.1 Å². The van der Waals surface area contributed by atoms with Gasteiger partial charge in [-0.15, -0.1) is 0 Å². The van der Waals surface area contributed by atoms with E-state index in [1.807, 2.05) is 49.6 Å². The van der Waals surface area contributed by atoms with Gasteiger partial charge in [0, 0.05) is 32.3 Å². The van der Waals surface area contributed by atoms with Crippen LogP contribution in [0.4, 0.5) is 0 Å². The van der Waals surface area contributed by atoms with E-state index in [-0.39, 0.29) is 0 Å². The normalized spacial score (nSPS) is 17.7. The number of ether oxygens (including phenoxy) is 1. The molecule has 1 atom stereocenters. The number of likely N-dealkylation sites (tertiary alicyclic amines) is 1. The van der Waals surface area contributed by atoms with Crippen LogP contribution in [0.15, 0.2) is 59.7 Å². The van der Waals surface area contributed by atoms with Crippen molar-refractivity contribution in [2.45, 2.75) is 19.6 Å². The van der Waals surface area contributed by atoms with Gasteiger partial charge in [0.1, 0.15) is 0 Å². The molecule has 2 heterocycles. The maximum absolute atomic E-state index is 5.90. The molecule has 1 saturated heterocycles. The van der Waals surface area contributed by atoms with E-state index in [0.717, 1.165) is 37.8 Å². The SMILES string of the molecule is CN=C(NCc1ccccn1)N1CCC(COCc2ccccc2)C1. The molecule has 0 saturated carbocycles. The second kappa shape index (κ2) is 9.18. The number of nitrogens with one attached hydrogen (secondary N) is 1. The maximum Gasteiger partial charge on any atom is 0.193 e. The van der Waals surface area contributed by atoms with Gasteiger partial charge >= 0.3 is 0 Å². The lowest BCUT2D eigenvalue weighted by Crippen LogP contribution is -2.40. The zero-order chi connectivity index (χ0) is 17.3. The van der Waals surface area contributed by atoms with Crippen molar-refractivity contribution >= 4 is 5.96 Å². The summed E-state index contributed by atoms with van der Waals surface area (Å²) in [7, 11) is 1.83. The monoisotopic (exact) mass is 338 g/mol. The van der Waals surface area contributed by atoms with Crippen LogP contribution in [0, 0.1) is 5.92 Å². The van der Waals surface area contributed by atoms with Crippen molar-refractivity contribution in [3.8, 4) is 0 Å². The van der Waals surface area contributed by atoms with Crippen LogP contribution < -0.4 is 5.32 Å². The van der Waals surface area contributed by atoms with E-state index in [1.165, 1.54) is 5.56 Å². The number of hydrogen-bond donors (Lipinski definition) is 1. The minimum atomic E-state index is 0.553. The Kier molecular flexibility index (Phi) is 6.40. The van der Waals surface area contributed by atoms with Crippen molar-refractivity contribution in [2.75, 3.05) is 26.7 Å². The Hall–Kier alpha value is -2.40. The third kappa shape index (κ3) is 5.29. The lowest BCUT2D eigenvalue weighted by molar-refractivity contribution is 0.0906. The van der Waals surface area contributed by atoms with Gasteiger partial charge in [0.15, 0.2) is 5.96 Å². The summed E-state index contributed by atoms with van der Waals surface area (Å²) in [6.07, 6.45) is 2.95. The first-order valence-corrected chi connectivity index (χ1v) is 8.82. The zero-order valence-corrected chi connectivity index (χ0v) is 14.8. The van der Waals surface area contributed by atoms with Gasteiger partial charge in [0.2, 0.25) is 0 Å². The number of hydrogen-bond acceptors (Lipinski definition) is 3. The average Bonchev–Trinajstić information content (AvgIpc) is 3.13. The smallest absolute Gasteiger partial charge is 0.193 e.